The molecule has 1 heterocycles. The van der Waals surface area contributed by atoms with Gasteiger partial charge in [-0.15, -0.1) is 0 Å². The van der Waals surface area contributed by atoms with Crippen molar-refractivity contribution in [3.05, 3.63) is 51.7 Å². The Labute approximate surface area is 110 Å². The molecule has 2 aromatic carbocycles. The number of aromatic amines is 1. The first-order valence-corrected chi connectivity index (χ1v) is 6.22. The lowest BCUT2D eigenvalue weighted by atomic mass is 10.0. The van der Waals surface area contributed by atoms with Crippen molar-refractivity contribution in [2.24, 2.45) is 0 Å². The first kappa shape index (κ1) is 11.8. The van der Waals surface area contributed by atoms with Crippen molar-refractivity contribution < 1.29 is 4.74 Å². The van der Waals surface area contributed by atoms with Gasteiger partial charge in [0, 0.05) is 10.8 Å². The lowest BCUT2D eigenvalue weighted by Gasteiger charge is -2.08. The number of benzene rings is 2. The SMILES string of the molecule is COc1ccc2[nH]c3c(C)c(C)ccc3c(=O)c2c1. The van der Waals surface area contributed by atoms with Gasteiger partial charge in [-0.3, -0.25) is 4.79 Å². The van der Waals surface area contributed by atoms with E-state index >= 15 is 0 Å². The van der Waals surface area contributed by atoms with Crippen LogP contribution in [0.25, 0.3) is 21.8 Å². The minimum atomic E-state index is 0.0470. The largest absolute Gasteiger partial charge is 0.497 e. The summed E-state index contributed by atoms with van der Waals surface area (Å²) in [5, 5.41) is 1.39. The van der Waals surface area contributed by atoms with E-state index in [0.717, 1.165) is 22.0 Å². The number of fused-ring (bicyclic) bond motifs is 2. The smallest absolute Gasteiger partial charge is 0.197 e. The zero-order valence-corrected chi connectivity index (χ0v) is 11.2. The van der Waals surface area contributed by atoms with Crippen molar-refractivity contribution in [3.8, 4) is 5.75 Å². The standard InChI is InChI=1S/C16H15NO2/c1-9-4-6-12-15(10(9)2)17-14-7-5-11(19-3)8-13(14)16(12)18/h4-8H,1-3H3,(H,17,18). The van der Waals surface area contributed by atoms with Gasteiger partial charge in [0.25, 0.3) is 0 Å². The molecule has 0 unspecified atom stereocenters. The average Bonchev–Trinajstić information content (AvgIpc) is 2.43. The molecule has 0 bridgehead atoms. The van der Waals surface area contributed by atoms with E-state index in [-0.39, 0.29) is 5.43 Å². The predicted molar refractivity (Wildman–Crippen MR) is 78.1 cm³/mol. The minimum absolute atomic E-state index is 0.0470. The number of H-pyrrole nitrogens is 1. The summed E-state index contributed by atoms with van der Waals surface area (Å²) in [5.74, 6) is 0.696. The van der Waals surface area contributed by atoms with Gasteiger partial charge >= 0.3 is 0 Å². The monoisotopic (exact) mass is 253 g/mol. The molecule has 3 nitrogen and oxygen atoms in total. The van der Waals surface area contributed by atoms with Gasteiger partial charge in [0.15, 0.2) is 5.43 Å². The Morgan fingerprint density at radius 1 is 1.05 bits per heavy atom. The van der Waals surface area contributed by atoms with Crippen LogP contribution in [-0.2, 0) is 0 Å². The summed E-state index contributed by atoms with van der Waals surface area (Å²) in [6, 6.07) is 9.39. The van der Waals surface area contributed by atoms with Crippen molar-refractivity contribution in [1.82, 2.24) is 4.98 Å². The zero-order chi connectivity index (χ0) is 13.6. The quantitative estimate of drug-likeness (QED) is 0.676. The topological polar surface area (TPSA) is 42.1 Å². The van der Waals surface area contributed by atoms with E-state index in [2.05, 4.69) is 4.98 Å². The normalized spacial score (nSPS) is 11.1. The van der Waals surface area contributed by atoms with E-state index in [1.165, 1.54) is 5.56 Å². The molecule has 0 atom stereocenters. The summed E-state index contributed by atoms with van der Waals surface area (Å²) in [5.41, 5.74) is 4.10. The van der Waals surface area contributed by atoms with Crippen LogP contribution in [0.4, 0.5) is 0 Å². The molecule has 96 valence electrons. The number of nitrogens with one attached hydrogen (secondary N) is 1. The molecule has 3 aromatic rings. The van der Waals surface area contributed by atoms with Crippen LogP contribution in [0.2, 0.25) is 0 Å². The Kier molecular flexibility index (Phi) is 2.56. The van der Waals surface area contributed by atoms with Gasteiger partial charge in [0.1, 0.15) is 5.75 Å². The van der Waals surface area contributed by atoms with Crippen LogP contribution in [0.3, 0.4) is 0 Å². The third-order valence-corrected chi connectivity index (χ3v) is 3.71. The van der Waals surface area contributed by atoms with Crippen LogP contribution >= 0.6 is 0 Å². The molecular weight excluding hydrogens is 238 g/mol. The fraction of sp³-hybridized carbons (Fsp3) is 0.188. The van der Waals surface area contributed by atoms with Gasteiger partial charge in [0.2, 0.25) is 0 Å². The van der Waals surface area contributed by atoms with Crippen LogP contribution < -0.4 is 10.2 Å². The second kappa shape index (κ2) is 4.12. The highest BCUT2D eigenvalue weighted by molar-refractivity contribution is 5.94. The first-order valence-electron chi connectivity index (χ1n) is 6.22. The minimum Gasteiger partial charge on any atom is -0.497 e. The maximum absolute atomic E-state index is 12.5. The van der Waals surface area contributed by atoms with E-state index in [0.29, 0.717) is 11.1 Å². The molecule has 0 aliphatic heterocycles. The highest BCUT2D eigenvalue weighted by Crippen LogP contribution is 2.22. The van der Waals surface area contributed by atoms with Crippen molar-refractivity contribution in [1.29, 1.82) is 0 Å². The molecule has 0 spiro atoms. The van der Waals surface area contributed by atoms with Gasteiger partial charge in [-0.05, 0) is 49.2 Å². The van der Waals surface area contributed by atoms with E-state index in [9.17, 15) is 4.79 Å². The number of hydrogen-bond acceptors (Lipinski definition) is 2. The zero-order valence-electron chi connectivity index (χ0n) is 11.2. The first-order chi connectivity index (χ1) is 9.11. The summed E-state index contributed by atoms with van der Waals surface area (Å²) in [6.45, 7) is 4.08. The highest BCUT2D eigenvalue weighted by atomic mass is 16.5. The predicted octanol–water partition coefficient (Wildman–Crippen LogP) is 3.31. The second-order valence-electron chi connectivity index (χ2n) is 4.80. The van der Waals surface area contributed by atoms with Crippen LogP contribution in [0.1, 0.15) is 11.1 Å². The molecule has 19 heavy (non-hydrogen) atoms. The summed E-state index contributed by atoms with van der Waals surface area (Å²) < 4.78 is 5.18. The van der Waals surface area contributed by atoms with Gasteiger partial charge in [-0.2, -0.15) is 0 Å². The number of aromatic nitrogens is 1. The molecule has 1 N–H and O–H groups in total. The van der Waals surface area contributed by atoms with E-state index < -0.39 is 0 Å². The summed E-state index contributed by atoms with van der Waals surface area (Å²) in [7, 11) is 1.60. The van der Waals surface area contributed by atoms with E-state index in [1.807, 2.05) is 38.1 Å². The molecule has 0 aliphatic rings. The Balaban J connectivity index is 2.52. The molecule has 0 fully saturated rings. The third-order valence-electron chi connectivity index (χ3n) is 3.71. The van der Waals surface area contributed by atoms with Crippen molar-refractivity contribution in [2.75, 3.05) is 7.11 Å². The van der Waals surface area contributed by atoms with Crippen LogP contribution in [0.5, 0.6) is 5.75 Å². The Morgan fingerprint density at radius 3 is 2.58 bits per heavy atom. The van der Waals surface area contributed by atoms with Crippen molar-refractivity contribution in [3.63, 3.8) is 0 Å². The molecule has 3 rings (SSSR count). The van der Waals surface area contributed by atoms with Crippen LogP contribution in [0.15, 0.2) is 35.1 Å². The molecule has 1 aromatic heterocycles. The summed E-state index contributed by atoms with van der Waals surface area (Å²) >= 11 is 0. The highest BCUT2D eigenvalue weighted by Gasteiger charge is 2.09. The molecular formula is C16H15NO2. The molecule has 0 radical (unpaired) electrons. The molecule has 0 saturated carbocycles. The third kappa shape index (κ3) is 1.70. The number of rotatable bonds is 1. The van der Waals surface area contributed by atoms with E-state index in [1.54, 1.807) is 13.2 Å². The van der Waals surface area contributed by atoms with Crippen LogP contribution in [0, 0.1) is 13.8 Å². The molecule has 0 amide bonds. The second-order valence-corrected chi connectivity index (χ2v) is 4.80. The van der Waals surface area contributed by atoms with Gasteiger partial charge in [0.05, 0.1) is 18.1 Å². The maximum Gasteiger partial charge on any atom is 0.197 e. The average molecular weight is 253 g/mol. The Morgan fingerprint density at radius 2 is 1.84 bits per heavy atom. The maximum atomic E-state index is 12.5. The number of hydrogen-bond donors (Lipinski definition) is 1. The van der Waals surface area contributed by atoms with Crippen molar-refractivity contribution >= 4 is 21.8 Å². The van der Waals surface area contributed by atoms with Gasteiger partial charge in [-0.25, -0.2) is 0 Å². The van der Waals surface area contributed by atoms with Crippen LogP contribution in [-0.4, -0.2) is 12.1 Å². The van der Waals surface area contributed by atoms with Crippen molar-refractivity contribution in [2.45, 2.75) is 13.8 Å². The number of methoxy groups -OCH3 is 1. The molecule has 0 saturated heterocycles. The number of ether oxygens (including phenoxy) is 1. The lowest BCUT2D eigenvalue weighted by Crippen LogP contribution is -2.05. The Bertz CT molecular complexity index is 847. The molecule has 0 aliphatic carbocycles. The number of pyridine rings is 1. The summed E-state index contributed by atoms with van der Waals surface area (Å²) in [4.78, 5) is 15.9. The van der Waals surface area contributed by atoms with Gasteiger partial charge < -0.3 is 9.72 Å². The Hall–Kier alpha value is -2.29. The fourth-order valence-corrected chi connectivity index (χ4v) is 2.39. The lowest BCUT2D eigenvalue weighted by molar-refractivity contribution is 0.415. The number of aryl methyl sites for hydroxylation is 2. The fourth-order valence-electron chi connectivity index (χ4n) is 2.39. The molecule has 3 heteroatoms. The van der Waals surface area contributed by atoms with Gasteiger partial charge in [-0.1, -0.05) is 6.07 Å². The summed E-state index contributed by atoms with van der Waals surface area (Å²) in [6.07, 6.45) is 0. The van der Waals surface area contributed by atoms with E-state index in [4.69, 9.17) is 4.74 Å².